The molecule has 0 amide bonds. The zero-order valence-corrected chi connectivity index (χ0v) is 12.9. The smallest absolute Gasteiger partial charge is 0.130 e. The lowest BCUT2D eigenvalue weighted by atomic mass is 10.2. The van der Waals surface area contributed by atoms with Gasteiger partial charge in [-0.25, -0.2) is 9.97 Å². The van der Waals surface area contributed by atoms with Gasteiger partial charge in [0, 0.05) is 24.5 Å². The number of nitrogens with one attached hydrogen (secondary N) is 1. The third-order valence-corrected chi connectivity index (χ3v) is 3.31. The van der Waals surface area contributed by atoms with Crippen LogP contribution in [0, 0.1) is 6.92 Å². The normalized spacial score (nSPS) is 10.3. The van der Waals surface area contributed by atoms with Crippen molar-refractivity contribution in [3.05, 3.63) is 78.0 Å². The van der Waals surface area contributed by atoms with Gasteiger partial charge >= 0.3 is 0 Å². The minimum Gasteiger partial charge on any atom is -0.487 e. The van der Waals surface area contributed by atoms with E-state index in [9.17, 15) is 0 Å². The maximum Gasteiger partial charge on any atom is 0.130 e. The van der Waals surface area contributed by atoms with Gasteiger partial charge in [-0.05, 0) is 36.8 Å². The van der Waals surface area contributed by atoms with Crippen LogP contribution in [0.5, 0.6) is 5.75 Å². The van der Waals surface area contributed by atoms with E-state index in [2.05, 4.69) is 20.3 Å². The van der Waals surface area contributed by atoms with E-state index in [1.54, 1.807) is 12.5 Å². The molecular formula is C18H18N4O. The number of hydrogen-bond acceptors (Lipinski definition) is 5. The van der Waals surface area contributed by atoms with E-state index in [-0.39, 0.29) is 0 Å². The molecule has 0 fully saturated rings. The largest absolute Gasteiger partial charge is 0.487 e. The monoisotopic (exact) mass is 306 g/mol. The van der Waals surface area contributed by atoms with Crippen LogP contribution in [0.3, 0.4) is 0 Å². The number of nitrogens with zero attached hydrogens (tertiary/aromatic N) is 3. The fourth-order valence-electron chi connectivity index (χ4n) is 2.09. The molecule has 0 radical (unpaired) electrons. The molecule has 0 spiro atoms. The molecule has 0 aliphatic heterocycles. The fraction of sp³-hybridized carbons (Fsp3) is 0.167. The Kier molecular flexibility index (Phi) is 4.79. The maximum atomic E-state index is 5.72. The molecule has 0 saturated carbocycles. The minimum atomic E-state index is 0.471. The number of aryl methyl sites for hydroxylation is 1. The van der Waals surface area contributed by atoms with Crippen molar-refractivity contribution in [2.24, 2.45) is 0 Å². The van der Waals surface area contributed by atoms with E-state index in [0.29, 0.717) is 13.2 Å². The third kappa shape index (κ3) is 4.51. The second-order valence-corrected chi connectivity index (χ2v) is 5.15. The molecule has 3 aromatic rings. The topological polar surface area (TPSA) is 59.9 Å². The Morgan fingerprint density at radius 3 is 2.61 bits per heavy atom. The van der Waals surface area contributed by atoms with E-state index in [1.165, 1.54) is 0 Å². The van der Waals surface area contributed by atoms with Gasteiger partial charge in [-0.2, -0.15) is 0 Å². The molecule has 0 unspecified atom stereocenters. The lowest BCUT2D eigenvalue weighted by Crippen LogP contribution is -2.02. The Labute approximate surface area is 135 Å². The van der Waals surface area contributed by atoms with Crippen molar-refractivity contribution in [2.75, 3.05) is 5.32 Å². The highest BCUT2D eigenvalue weighted by molar-refractivity contribution is 5.36. The third-order valence-electron chi connectivity index (χ3n) is 3.31. The van der Waals surface area contributed by atoms with E-state index >= 15 is 0 Å². The Bertz CT molecular complexity index is 744. The molecule has 0 aliphatic rings. The van der Waals surface area contributed by atoms with Crippen LogP contribution in [0.1, 0.15) is 17.0 Å². The summed E-state index contributed by atoms with van der Waals surface area (Å²) in [6.45, 7) is 3.12. The molecule has 5 heteroatoms. The highest BCUT2D eigenvalue weighted by atomic mass is 16.5. The standard InChI is InChI=1S/C18H18N4O/c1-14-10-18(22-13-21-14)20-11-15-5-7-17(8-6-15)23-12-16-4-2-3-9-19-16/h2-10,13H,11-12H2,1H3,(H,20,21,22). The predicted octanol–water partition coefficient (Wildman–Crippen LogP) is 3.37. The molecule has 2 aromatic heterocycles. The van der Waals surface area contributed by atoms with Gasteiger partial charge in [-0.1, -0.05) is 18.2 Å². The molecule has 3 rings (SSSR count). The van der Waals surface area contributed by atoms with Crippen LogP contribution in [0.2, 0.25) is 0 Å². The first-order chi connectivity index (χ1) is 11.3. The fourth-order valence-corrected chi connectivity index (χ4v) is 2.09. The van der Waals surface area contributed by atoms with Crippen molar-refractivity contribution in [2.45, 2.75) is 20.1 Å². The number of hydrogen-bond donors (Lipinski definition) is 1. The summed E-state index contributed by atoms with van der Waals surface area (Å²) in [4.78, 5) is 12.5. The average Bonchev–Trinajstić information content (AvgIpc) is 2.60. The second kappa shape index (κ2) is 7.35. The SMILES string of the molecule is Cc1cc(NCc2ccc(OCc3ccccn3)cc2)ncn1. The summed E-state index contributed by atoms with van der Waals surface area (Å²) in [7, 11) is 0. The van der Waals surface area contributed by atoms with Gasteiger partial charge in [0.15, 0.2) is 0 Å². The summed E-state index contributed by atoms with van der Waals surface area (Å²) in [5, 5.41) is 3.28. The molecular weight excluding hydrogens is 288 g/mol. The van der Waals surface area contributed by atoms with Crippen LogP contribution in [0.4, 0.5) is 5.82 Å². The second-order valence-electron chi connectivity index (χ2n) is 5.15. The van der Waals surface area contributed by atoms with Crippen LogP contribution in [0.15, 0.2) is 61.1 Å². The van der Waals surface area contributed by atoms with Crippen molar-refractivity contribution in [1.29, 1.82) is 0 Å². The van der Waals surface area contributed by atoms with Gasteiger partial charge in [0.2, 0.25) is 0 Å². The lowest BCUT2D eigenvalue weighted by Gasteiger charge is -2.08. The minimum absolute atomic E-state index is 0.471. The van der Waals surface area contributed by atoms with Crippen LogP contribution in [-0.4, -0.2) is 15.0 Å². The molecule has 0 saturated heterocycles. The number of pyridine rings is 1. The first kappa shape index (κ1) is 15.0. The molecule has 116 valence electrons. The molecule has 2 heterocycles. The highest BCUT2D eigenvalue weighted by Crippen LogP contribution is 2.14. The Morgan fingerprint density at radius 1 is 1.00 bits per heavy atom. The van der Waals surface area contributed by atoms with Crippen molar-refractivity contribution >= 4 is 5.82 Å². The maximum absolute atomic E-state index is 5.72. The summed E-state index contributed by atoms with van der Waals surface area (Å²) >= 11 is 0. The highest BCUT2D eigenvalue weighted by Gasteiger charge is 1.99. The lowest BCUT2D eigenvalue weighted by molar-refractivity contribution is 0.301. The Morgan fingerprint density at radius 2 is 1.87 bits per heavy atom. The number of aromatic nitrogens is 3. The van der Waals surface area contributed by atoms with Gasteiger partial charge in [0.05, 0.1) is 5.69 Å². The summed E-state index contributed by atoms with van der Waals surface area (Å²) in [5.41, 5.74) is 3.02. The number of ether oxygens (including phenoxy) is 1. The summed E-state index contributed by atoms with van der Waals surface area (Å²) < 4.78 is 5.72. The van der Waals surface area contributed by atoms with Crippen molar-refractivity contribution in [3.63, 3.8) is 0 Å². The van der Waals surface area contributed by atoms with Crippen molar-refractivity contribution < 1.29 is 4.74 Å². The van der Waals surface area contributed by atoms with Gasteiger partial charge in [0.25, 0.3) is 0 Å². The summed E-state index contributed by atoms with van der Waals surface area (Å²) in [5.74, 6) is 1.66. The zero-order valence-electron chi connectivity index (χ0n) is 12.9. The summed E-state index contributed by atoms with van der Waals surface area (Å²) in [6, 6.07) is 15.7. The van der Waals surface area contributed by atoms with Gasteiger partial charge < -0.3 is 10.1 Å². The van der Waals surface area contributed by atoms with Crippen LogP contribution >= 0.6 is 0 Å². The van der Waals surface area contributed by atoms with Gasteiger partial charge in [0.1, 0.15) is 24.5 Å². The average molecular weight is 306 g/mol. The molecule has 5 nitrogen and oxygen atoms in total. The van der Waals surface area contributed by atoms with Crippen molar-refractivity contribution in [1.82, 2.24) is 15.0 Å². The quantitative estimate of drug-likeness (QED) is 0.756. The molecule has 0 bridgehead atoms. The van der Waals surface area contributed by atoms with Gasteiger partial charge in [-0.3, -0.25) is 4.98 Å². The number of anilines is 1. The van der Waals surface area contributed by atoms with Gasteiger partial charge in [-0.15, -0.1) is 0 Å². The first-order valence-electron chi connectivity index (χ1n) is 7.44. The van der Waals surface area contributed by atoms with E-state index in [0.717, 1.165) is 28.5 Å². The van der Waals surface area contributed by atoms with Crippen molar-refractivity contribution in [3.8, 4) is 5.75 Å². The summed E-state index contributed by atoms with van der Waals surface area (Å²) in [6.07, 6.45) is 3.33. The molecule has 23 heavy (non-hydrogen) atoms. The van der Waals surface area contributed by atoms with Crippen LogP contribution < -0.4 is 10.1 Å². The number of benzene rings is 1. The molecule has 1 N–H and O–H groups in total. The Hall–Kier alpha value is -2.95. The van der Waals surface area contributed by atoms with E-state index in [1.807, 2.05) is 55.5 Å². The zero-order chi connectivity index (χ0) is 15.9. The predicted molar refractivity (Wildman–Crippen MR) is 89.1 cm³/mol. The van der Waals surface area contributed by atoms with Crippen LogP contribution in [0.25, 0.3) is 0 Å². The first-order valence-corrected chi connectivity index (χ1v) is 7.44. The molecule has 1 aromatic carbocycles. The van der Waals surface area contributed by atoms with E-state index in [4.69, 9.17) is 4.74 Å². The van der Waals surface area contributed by atoms with E-state index < -0.39 is 0 Å². The number of rotatable bonds is 6. The molecule has 0 atom stereocenters. The Balaban J connectivity index is 1.52. The van der Waals surface area contributed by atoms with Crippen LogP contribution in [-0.2, 0) is 13.2 Å². The molecule has 0 aliphatic carbocycles.